The fourth-order valence-electron chi connectivity index (χ4n) is 2.20. The van der Waals surface area contributed by atoms with Crippen LogP contribution in [0.15, 0.2) is 60.0 Å². The van der Waals surface area contributed by atoms with Gasteiger partial charge in [-0.1, -0.05) is 42.5 Å². The van der Waals surface area contributed by atoms with E-state index in [4.69, 9.17) is 4.74 Å². The van der Waals surface area contributed by atoms with Gasteiger partial charge >= 0.3 is 5.97 Å². The molecule has 0 spiro atoms. The molecule has 6 nitrogen and oxygen atoms in total. The highest BCUT2D eigenvalue weighted by Gasteiger charge is 2.21. The Morgan fingerprint density at radius 1 is 1.12 bits per heavy atom. The molecular formula is C19H16N2O4S. The molecule has 0 saturated carbocycles. The van der Waals surface area contributed by atoms with Gasteiger partial charge < -0.3 is 9.84 Å². The summed E-state index contributed by atoms with van der Waals surface area (Å²) >= 11 is 1.28. The van der Waals surface area contributed by atoms with Crippen LogP contribution in [0, 0.1) is 0 Å². The van der Waals surface area contributed by atoms with Gasteiger partial charge in [0, 0.05) is 10.9 Å². The van der Waals surface area contributed by atoms with E-state index in [1.54, 1.807) is 12.1 Å². The first kappa shape index (κ1) is 17.6. The van der Waals surface area contributed by atoms with Crippen LogP contribution in [-0.2, 0) is 9.53 Å². The summed E-state index contributed by atoms with van der Waals surface area (Å²) in [6, 6.07) is 15.6. The Morgan fingerprint density at radius 2 is 1.81 bits per heavy atom. The van der Waals surface area contributed by atoms with Gasteiger partial charge in [0.15, 0.2) is 11.2 Å². The number of phenols is 1. The summed E-state index contributed by atoms with van der Waals surface area (Å²) in [5, 5.41) is 14.6. The smallest absolute Gasteiger partial charge is 0.342 e. The van der Waals surface area contributed by atoms with E-state index in [9.17, 15) is 14.7 Å². The van der Waals surface area contributed by atoms with E-state index in [2.05, 4.69) is 10.3 Å². The molecule has 3 rings (SSSR count). The Morgan fingerprint density at radius 3 is 2.54 bits per heavy atom. The van der Waals surface area contributed by atoms with Gasteiger partial charge in [-0.25, -0.2) is 9.78 Å². The van der Waals surface area contributed by atoms with Crippen molar-refractivity contribution < 1.29 is 19.4 Å². The van der Waals surface area contributed by atoms with Crippen molar-refractivity contribution in [1.29, 1.82) is 0 Å². The molecule has 0 aliphatic heterocycles. The minimum Gasteiger partial charge on any atom is -0.507 e. The molecule has 7 heteroatoms. The number of anilines is 1. The lowest BCUT2D eigenvalue weighted by molar-refractivity contribution is -0.123. The van der Waals surface area contributed by atoms with Gasteiger partial charge in [-0.15, -0.1) is 11.3 Å². The predicted molar refractivity (Wildman–Crippen MR) is 99.2 cm³/mol. The fourth-order valence-corrected chi connectivity index (χ4v) is 2.93. The summed E-state index contributed by atoms with van der Waals surface area (Å²) < 4.78 is 5.11. The Bertz CT molecular complexity index is 924. The maximum Gasteiger partial charge on any atom is 0.342 e. The number of aromatic hydroxyl groups is 1. The lowest BCUT2D eigenvalue weighted by atomic mass is 10.2. The van der Waals surface area contributed by atoms with E-state index in [0.717, 1.165) is 11.3 Å². The quantitative estimate of drug-likeness (QED) is 0.671. The number of ether oxygens (including phenoxy) is 1. The Hall–Kier alpha value is -3.19. The number of carbonyl (C=O) groups excluding carboxylic acids is 2. The van der Waals surface area contributed by atoms with Crippen LogP contribution in [0.1, 0.15) is 17.3 Å². The molecule has 2 N–H and O–H groups in total. The molecule has 0 saturated heterocycles. The molecule has 26 heavy (non-hydrogen) atoms. The van der Waals surface area contributed by atoms with Crippen LogP contribution in [0.25, 0.3) is 11.3 Å². The van der Waals surface area contributed by atoms with E-state index in [1.807, 2.05) is 35.7 Å². The van der Waals surface area contributed by atoms with E-state index in [0.29, 0.717) is 5.13 Å². The highest BCUT2D eigenvalue weighted by atomic mass is 32.1. The van der Waals surface area contributed by atoms with Crippen LogP contribution in [-0.4, -0.2) is 28.1 Å². The first-order valence-corrected chi connectivity index (χ1v) is 8.73. The van der Waals surface area contributed by atoms with Crippen molar-refractivity contribution in [1.82, 2.24) is 4.98 Å². The van der Waals surface area contributed by atoms with Gasteiger partial charge in [0.25, 0.3) is 5.91 Å². The van der Waals surface area contributed by atoms with Crippen LogP contribution in [0.5, 0.6) is 5.75 Å². The molecule has 1 atom stereocenters. The average molecular weight is 368 g/mol. The summed E-state index contributed by atoms with van der Waals surface area (Å²) in [7, 11) is 0. The number of amides is 1. The molecule has 2 aromatic carbocycles. The van der Waals surface area contributed by atoms with Gasteiger partial charge in [-0.3, -0.25) is 10.1 Å². The molecule has 0 aliphatic carbocycles. The van der Waals surface area contributed by atoms with Gasteiger partial charge in [-0.05, 0) is 19.1 Å². The molecular weight excluding hydrogens is 352 g/mol. The van der Waals surface area contributed by atoms with Gasteiger partial charge in [0.2, 0.25) is 0 Å². The predicted octanol–water partition coefficient (Wildman–Crippen LogP) is 3.70. The molecule has 0 radical (unpaired) electrons. The van der Waals surface area contributed by atoms with E-state index in [1.165, 1.54) is 30.4 Å². The number of carbonyl (C=O) groups is 2. The van der Waals surface area contributed by atoms with Crippen LogP contribution in [0.4, 0.5) is 5.13 Å². The number of hydrogen-bond donors (Lipinski definition) is 2. The minimum atomic E-state index is -1.04. The molecule has 0 unspecified atom stereocenters. The van der Waals surface area contributed by atoms with Crippen LogP contribution >= 0.6 is 11.3 Å². The van der Waals surface area contributed by atoms with Crippen molar-refractivity contribution in [3.05, 3.63) is 65.5 Å². The van der Waals surface area contributed by atoms with E-state index < -0.39 is 18.0 Å². The normalized spacial score (nSPS) is 11.6. The Labute approximate surface area is 154 Å². The van der Waals surface area contributed by atoms with Crippen LogP contribution in [0.3, 0.4) is 0 Å². The number of para-hydroxylation sites is 1. The number of esters is 1. The second-order valence-corrected chi connectivity index (χ2v) is 6.32. The summed E-state index contributed by atoms with van der Waals surface area (Å²) in [6.07, 6.45) is -1.04. The zero-order valence-corrected chi connectivity index (χ0v) is 14.7. The third kappa shape index (κ3) is 4.07. The van der Waals surface area contributed by atoms with Crippen molar-refractivity contribution in [3.8, 4) is 17.0 Å². The number of thiazole rings is 1. The first-order chi connectivity index (χ1) is 12.5. The minimum absolute atomic E-state index is 0.00719. The molecule has 1 heterocycles. The molecule has 3 aromatic rings. The largest absolute Gasteiger partial charge is 0.507 e. The zero-order valence-electron chi connectivity index (χ0n) is 13.9. The number of nitrogens with zero attached hydrogens (tertiary/aromatic N) is 1. The second-order valence-electron chi connectivity index (χ2n) is 5.46. The van der Waals surface area contributed by atoms with Crippen LogP contribution in [0.2, 0.25) is 0 Å². The lowest BCUT2D eigenvalue weighted by Crippen LogP contribution is -2.30. The van der Waals surface area contributed by atoms with Crippen molar-refractivity contribution >= 4 is 28.3 Å². The number of aromatic nitrogens is 1. The Balaban J connectivity index is 1.62. The van der Waals surface area contributed by atoms with Gasteiger partial charge in [-0.2, -0.15) is 0 Å². The average Bonchev–Trinajstić information content (AvgIpc) is 3.11. The molecule has 1 amide bonds. The van der Waals surface area contributed by atoms with Gasteiger partial charge in [0.05, 0.1) is 5.69 Å². The van der Waals surface area contributed by atoms with E-state index in [-0.39, 0.29) is 11.3 Å². The zero-order chi connectivity index (χ0) is 18.5. The molecule has 0 bridgehead atoms. The SMILES string of the molecule is C[C@H](OC(=O)c1ccccc1O)C(=O)Nc1nc(-c2ccccc2)cs1. The second kappa shape index (κ2) is 7.79. The number of phenolic OH excluding ortho intramolecular Hbond substituents is 1. The highest BCUT2D eigenvalue weighted by Crippen LogP contribution is 2.25. The maximum atomic E-state index is 12.2. The molecule has 1 aromatic heterocycles. The fraction of sp³-hybridized carbons (Fsp3) is 0.105. The summed E-state index contributed by atoms with van der Waals surface area (Å²) in [5.74, 6) is -1.46. The highest BCUT2D eigenvalue weighted by molar-refractivity contribution is 7.14. The van der Waals surface area contributed by atoms with Crippen molar-refractivity contribution in [2.45, 2.75) is 13.0 Å². The molecule has 132 valence electrons. The summed E-state index contributed by atoms with van der Waals surface area (Å²) in [5.41, 5.74) is 1.71. The number of hydrogen-bond acceptors (Lipinski definition) is 6. The Kier molecular flexibility index (Phi) is 5.28. The standard InChI is InChI=1S/C19H16N2O4S/c1-12(25-18(24)14-9-5-6-10-16(14)22)17(23)21-19-20-15(11-26-19)13-7-3-2-4-8-13/h2-12,22H,1H3,(H,20,21,23)/t12-/m0/s1. The monoisotopic (exact) mass is 368 g/mol. The van der Waals surface area contributed by atoms with Crippen LogP contribution < -0.4 is 5.32 Å². The lowest BCUT2D eigenvalue weighted by Gasteiger charge is -2.12. The van der Waals surface area contributed by atoms with Crippen molar-refractivity contribution in [3.63, 3.8) is 0 Å². The molecule has 0 fully saturated rings. The topological polar surface area (TPSA) is 88.5 Å². The third-order valence-corrected chi connectivity index (χ3v) is 4.34. The van der Waals surface area contributed by atoms with Gasteiger partial charge in [0.1, 0.15) is 11.3 Å². The maximum absolute atomic E-state index is 12.2. The summed E-state index contributed by atoms with van der Waals surface area (Å²) in [4.78, 5) is 28.6. The third-order valence-electron chi connectivity index (χ3n) is 3.58. The van der Waals surface area contributed by atoms with E-state index >= 15 is 0 Å². The number of benzene rings is 2. The van der Waals surface area contributed by atoms with Crippen molar-refractivity contribution in [2.24, 2.45) is 0 Å². The summed E-state index contributed by atoms with van der Waals surface area (Å²) in [6.45, 7) is 1.46. The van der Waals surface area contributed by atoms with Crippen molar-refractivity contribution in [2.75, 3.05) is 5.32 Å². The number of rotatable bonds is 5. The first-order valence-electron chi connectivity index (χ1n) is 7.85. The molecule has 0 aliphatic rings. The number of nitrogens with one attached hydrogen (secondary N) is 1.